The standard InChI is InChI=1S/C17H18BrClO/c18-16-6-8-17(9-7-16)20-11-10-15(13-19)12-14-4-2-1-3-5-14/h1-9,15H,10-13H2. The van der Waals surface area contributed by atoms with E-state index in [0.717, 1.165) is 23.1 Å². The van der Waals surface area contributed by atoms with Crippen LogP contribution in [0.3, 0.4) is 0 Å². The van der Waals surface area contributed by atoms with Crippen molar-refractivity contribution in [3.63, 3.8) is 0 Å². The zero-order chi connectivity index (χ0) is 14.2. The van der Waals surface area contributed by atoms with Gasteiger partial charge in [0, 0.05) is 10.4 Å². The average Bonchev–Trinajstić information content (AvgIpc) is 2.49. The van der Waals surface area contributed by atoms with Crippen LogP contribution in [0.1, 0.15) is 12.0 Å². The van der Waals surface area contributed by atoms with Gasteiger partial charge in [-0.1, -0.05) is 46.3 Å². The van der Waals surface area contributed by atoms with Gasteiger partial charge in [0.25, 0.3) is 0 Å². The lowest BCUT2D eigenvalue weighted by atomic mass is 9.98. The highest BCUT2D eigenvalue weighted by Gasteiger charge is 2.09. The molecule has 0 saturated carbocycles. The summed E-state index contributed by atoms with van der Waals surface area (Å²) >= 11 is 9.47. The third kappa shape index (κ3) is 5.18. The van der Waals surface area contributed by atoms with Gasteiger partial charge in [-0.25, -0.2) is 0 Å². The number of hydrogen-bond donors (Lipinski definition) is 0. The van der Waals surface area contributed by atoms with Gasteiger partial charge in [0.05, 0.1) is 6.61 Å². The average molecular weight is 354 g/mol. The molecule has 0 fully saturated rings. The SMILES string of the molecule is ClCC(CCOc1ccc(Br)cc1)Cc1ccccc1. The topological polar surface area (TPSA) is 9.23 Å². The molecule has 20 heavy (non-hydrogen) atoms. The minimum absolute atomic E-state index is 0.453. The highest BCUT2D eigenvalue weighted by Crippen LogP contribution is 2.18. The van der Waals surface area contributed by atoms with Crippen molar-refractivity contribution in [2.75, 3.05) is 12.5 Å². The van der Waals surface area contributed by atoms with E-state index < -0.39 is 0 Å². The number of ether oxygens (including phenoxy) is 1. The van der Waals surface area contributed by atoms with Crippen molar-refractivity contribution in [3.05, 3.63) is 64.6 Å². The summed E-state index contributed by atoms with van der Waals surface area (Å²) in [6.45, 7) is 0.700. The highest BCUT2D eigenvalue weighted by molar-refractivity contribution is 9.10. The van der Waals surface area contributed by atoms with Crippen LogP contribution in [0.2, 0.25) is 0 Å². The van der Waals surface area contributed by atoms with E-state index in [1.807, 2.05) is 30.3 Å². The molecular formula is C17H18BrClO. The lowest BCUT2D eigenvalue weighted by Crippen LogP contribution is -2.11. The molecule has 2 aromatic rings. The quantitative estimate of drug-likeness (QED) is 0.612. The molecule has 0 aliphatic carbocycles. The molecular weight excluding hydrogens is 336 g/mol. The van der Waals surface area contributed by atoms with Crippen LogP contribution in [0.5, 0.6) is 5.75 Å². The van der Waals surface area contributed by atoms with Gasteiger partial charge < -0.3 is 4.74 Å². The molecule has 0 heterocycles. The molecule has 0 spiro atoms. The van der Waals surface area contributed by atoms with Gasteiger partial charge >= 0.3 is 0 Å². The molecule has 3 heteroatoms. The second kappa shape index (κ2) is 8.33. The Hall–Kier alpha value is -0.990. The molecule has 1 atom stereocenters. The van der Waals surface area contributed by atoms with E-state index in [4.69, 9.17) is 16.3 Å². The molecule has 1 nitrogen and oxygen atoms in total. The minimum Gasteiger partial charge on any atom is -0.494 e. The second-order valence-electron chi connectivity index (χ2n) is 4.80. The van der Waals surface area contributed by atoms with Crippen LogP contribution >= 0.6 is 27.5 Å². The van der Waals surface area contributed by atoms with Crippen LogP contribution in [0.4, 0.5) is 0 Å². The molecule has 106 valence electrons. The normalized spacial score (nSPS) is 12.1. The summed E-state index contributed by atoms with van der Waals surface area (Å²) in [6.07, 6.45) is 1.97. The Morgan fingerprint density at radius 1 is 1.00 bits per heavy atom. The predicted octanol–water partition coefficient (Wildman–Crippen LogP) is 5.32. The second-order valence-corrected chi connectivity index (χ2v) is 6.03. The number of hydrogen-bond acceptors (Lipinski definition) is 1. The first kappa shape index (κ1) is 15.4. The monoisotopic (exact) mass is 352 g/mol. The van der Waals surface area contributed by atoms with Crippen LogP contribution < -0.4 is 4.74 Å². The van der Waals surface area contributed by atoms with Crippen molar-refractivity contribution in [2.45, 2.75) is 12.8 Å². The van der Waals surface area contributed by atoms with E-state index in [-0.39, 0.29) is 0 Å². The van der Waals surface area contributed by atoms with Crippen LogP contribution in [0.15, 0.2) is 59.1 Å². The number of benzene rings is 2. The van der Waals surface area contributed by atoms with Gasteiger partial charge in [0.15, 0.2) is 0 Å². The summed E-state index contributed by atoms with van der Waals surface area (Å²) in [6, 6.07) is 18.4. The summed E-state index contributed by atoms with van der Waals surface area (Å²) in [5, 5.41) is 0. The predicted molar refractivity (Wildman–Crippen MR) is 88.6 cm³/mol. The van der Waals surface area contributed by atoms with E-state index in [1.54, 1.807) is 0 Å². The summed E-state index contributed by atoms with van der Waals surface area (Å²) < 4.78 is 6.81. The molecule has 0 aliphatic heterocycles. The van der Waals surface area contributed by atoms with Gasteiger partial charge in [0.1, 0.15) is 5.75 Å². The molecule has 0 radical (unpaired) electrons. The molecule has 0 aliphatic rings. The van der Waals surface area contributed by atoms with Crippen molar-refractivity contribution < 1.29 is 4.74 Å². The Morgan fingerprint density at radius 2 is 1.70 bits per heavy atom. The Labute approximate surface area is 134 Å². The lowest BCUT2D eigenvalue weighted by molar-refractivity contribution is 0.284. The molecule has 0 bridgehead atoms. The fraction of sp³-hybridized carbons (Fsp3) is 0.294. The molecule has 0 N–H and O–H groups in total. The van der Waals surface area contributed by atoms with Gasteiger partial charge in [-0.05, 0) is 48.6 Å². The Bertz CT molecular complexity index is 498. The van der Waals surface area contributed by atoms with E-state index >= 15 is 0 Å². The van der Waals surface area contributed by atoms with E-state index in [1.165, 1.54) is 5.56 Å². The smallest absolute Gasteiger partial charge is 0.119 e. The summed E-state index contributed by atoms with van der Waals surface area (Å²) in [7, 11) is 0. The molecule has 0 amide bonds. The van der Waals surface area contributed by atoms with Crippen LogP contribution in [-0.4, -0.2) is 12.5 Å². The number of rotatable bonds is 7. The van der Waals surface area contributed by atoms with Gasteiger partial charge in [0.2, 0.25) is 0 Å². The largest absolute Gasteiger partial charge is 0.494 e. The van der Waals surface area contributed by atoms with Crippen molar-refractivity contribution in [1.29, 1.82) is 0 Å². The molecule has 2 rings (SSSR count). The maximum absolute atomic E-state index is 6.06. The summed E-state index contributed by atoms with van der Waals surface area (Å²) in [5.41, 5.74) is 1.33. The van der Waals surface area contributed by atoms with Crippen LogP contribution in [0.25, 0.3) is 0 Å². The first-order chi connectivity index (χ1) is 9.78. The summed E-state index contributed by atoms with van der Waals surface area (Å²) in [4.78, 5) is 0. The maximum atomic E-state index is 6.06. The van der Waals surface area contributed by atoms with Gasteiger partial charge in [-0.2, -0.15) is 0 Å². The van der Waals surface area contributed by atoms with Gasteiger partial charge in [-0.15, -0.1) is 11.6 Å². The lowest BCUT2D eigenvalue weighted by Gasteiger charge is -2.14. The summed E-state index contributed by atoms with van der Waals surface area (Å²) in [5.74, 6) is 2.02. The third-order valence-electron chi connectivity index (χ3n) is 3.19. The first-order valence-corrected chi connectivity index (χ1v) is 8.09. The molecule has 1 unspecified atom stereocenters. The Morgan fingerprint density at radius 3 is 2.35 bits per heavy atom. The van der Waals surface area contributed by atoms with Gasteiger partial charge in [-0.3, -0.25) is 0 Å². The fourth-order valence-electron chi connectivity index (χ4n) is 2.06. The Kier molecular flexibility index (Phi) is 6.41. The number of halogens is 2. The zero-order valence-electron chi connectivity index (χ0n) is 11.3. The Balaban J connectivity index is 1.78. The molecule has 0 saturated heterocycles. The van der Waals surface area contributed by atoms with E-state index in [2.05, 4.69) is 40.2 Å². The van der Waals surface area contributed by atoms with Crippen molar-refractivity contribution >= 4 is 27.5 Å². The van der Waals surface area contributed by atoms with E-state index in [9.17, 15) is 0 Å². The van der Waals surface area contributed by atoms with Crippen LogP contribution in [0, 0.1) is 5.92 Å². The molecule has 2 aromatic carbocycles. The fourth-order valence-corrected chi connectivity index (χ4v) is 2.58. The first-order valence-electron chi connectivity index (χ1n) is 6.76. The van der Waals surface area contributed by atoms with Crippen LogP contribution in [-0.2, 0) is 6.42 Å². The number of alkyl halides is 1. The highest BCUT2D eigenvalue weighted by atomic mass is 79.9. The third-order valence-corrected chi connectivity index (χ3v) is 4.16. The van der Waals surface area contributed by atoms with Crippen molar-refractivity contribution in [3.8, 4) is 5.75 Å². The van der Waals surface area contributed by atoms with Crippen molar-refractivity contribution in [1.82, 2.24) is 0 Å². The van der Waals surface area contributed by atoms with Crippen molar-refractivity contribution in [2.24, 2.45) is 5.92 Å². The molecule has 0 aromatic heterocycles. The maximum Gasteiger partial charge on any atom is 0.119 e. The minimum atomic E-state index is 0.453. The van der Waals surface area contributed by atoms with E-state index in [0.29, 0.717) is 18.4 Å². The zero-order valence-corrected chi connectivity index (χ0v) is 13.6.